The number of carbonyl (C=O) groups is 1. The lowest BCUT2D eigenvalue weighted by Gasteiger charge is -2.37. The third-order valence-electron chi connectivity index (χ3n) is 4.65. The Morgan fingerprint density at radius 3 is 2.61 bits per heavy atom. The number of hydrogen-bond acceptors (Lipinski definition) is 3. The van der Waals surface area contributed by atoms with Gasteiger partial charge in [0.05, 0.1) is 13.2 Å². The number of carbonyl (C=O) groups excluding carboxylic acids is 1. The Kier molecular flexibility index (Phi) is 3.46. The fourth-order valence-electron chi connectivity index (χ4n) is 3.73. The summed E-state index contributed by atoms with van der Waals surface area (Å²) in [6, 6.07) is 0.872. The quantitative estimate of drug-likeness (QED) is 0.758. The van der Waals surface area contributed by atoms with Gasteiger partial charge in [-0.3, -0.25) is 0 Å². The van der Waals surface area contributed by atoms with Crippen LogP contribution < -0.4 is 0 Å². The second kappa shape index (κ2) is 5.08. The topological polar surface area (TPSA) is 38.8 Å². The molecule has 0 aromatic carbocycles. The second-order valence-electron chi connectivity index (χ2n) is 6.18. The van der Waals surface area contributed by atoms with E-state index in [0.717, 1.165) is 51.2 Å². The molecular weight excluding hydrogens is 230 g/mol. The van der Waals surface area contributed by atoms with Gasteiger partial charge in [0.1, 0.15) is 0 Å². The summed E-state index contributed by atoms with van der Waals surface area (Å²) in [6.07, 6.45) is 5.57. The van der Waals surface area contributed by atoms with E-state index >= 15 is 0 Å². The minimum atomic E-state index is -0.0821. The molecule has 4 nitrogen and oxygen atoms in total. The van der Waals surface area contributed by atoms with Crippen LogP contribution in [0.15, 0.2) is 0 Å². The van der Waals surface area contributed by atoms with Crippen molar-refractivity contribution in [1.29, 1.82) is 0 Å². The van der Waals surface area contributed by atoms with Crippen LogP contribution in [0.3, 0.4) is 0 Å². The second-order valence-corrected chi connectivity index (χ2v) is 6.18. The summed E-state index contributed by atoms with van der Waals surface area (Å²) in [4.78, 5) is 14.2. The van der Waals surface area contributed by atoms with E-state index in [4.69, 9.17) is 9.47 Å². The van der Waals surface area contributed by atoms with Crippen LogP contribution in [0.4, 0.5) is 4.79 Å². The van der Waals surface area contributed by atoms with Gasteiger partial charge in [-0.2, -0.15) is 0 Å². The summed E-state index contributed by atoms with van der Waals surface area (Å²) >= 11 is 0. The monoisotopic (exact) mass is 253 g/mol. The Morgan fingerprint density at radius 1 is 1.28 bits per heavy atom. The standard InChI is InChI=1S/C14H23NO3/c1-10-6-12-2-3-13(7-10)15(12)14(16)18-9-11-4-5-17-8-11/h10-13H,2-9H2,1H3. The first-order valence-electron chi connectivity index (χ1n) is 7.27. The highest BCUT2D eigenvalue weighted by Crippen LogP contribution is 2.38. The van der Waals surface area contributed by atoms with E-state index in [0.29, 0.717) is 24.6 Å². The lowest BCUT2D eigenvalue weighted by molar-refractivity contribution is 0.0487. The van der Waals surface area contributed by atoms with Crippen molar-refractivity contribution in [2.24, 2.45) is 11.8 Å². The van der Waals surface area contributed by atoms with Crippen LogP contribution in [0.1, 0.15) is 39.0 Å². The van der Waals surface area contributed by atoms with Gasteiger partial charge < -0.3 is 14.4 Å². The van der Waals surface area contributed by atoms with Gasteiger partial charge in [0, 0.05) is 24.6 Å². The normalized spacial score (nSPS) is 39.1. The average molecular weight is 253 g/mol. The Bertz CT molecular complexity index is 300. The average Bonchev–Trinajstić information content (AvgIpc) is 2.94. The van der Waals surface area contributed by atoms with Crippen LogP contribution in [0.2, 0.25) is 0 Å². The first-order valence-corrected chi connectivity index (χ1v) is 7.27. The zero-order valence-electron chi connectivity index (χ0n) is 11.1. The molecule has 3 saturated heterocycles. The van der Waals surface area contributed by atoms with Crippen molar-refractivity contribution in [1.82, 2.24) is 4.90 Å². The Hall–Kier alpha value is -0.770. The third kappa shape index (κ3) is 2.35. The molecule has 3 unspecified atom stereocenters. The molecule has 0 N–H and O–H groups in total. The van der Waals surface area contributed by atoms with Crippen LogP contribution in [0.5, 0.6) is 0 Å². The highest BCUT2D eigenvalue weighted by molar-refractivity contribution is 5.69. The van der Waals surface area contributed by atoms with Crippen LogP contribution in [-0.4, -0.2) is 42.9 Å². The summed E-state index contributed by atoms with van der Waals surface area (Å²) < 4.78 is 10.8. The summed E-state index contributed by atoms with van der Waals surface area (Å²) in [7, 11) is 0. The van der Waals surface area contributed by atoms with E-state index in [-0.39, 0.29) is 6.09 Å². The molecule has 0 spiro atoms. The molecule has 3 rings (SSSR count). The number of rotatable bonds is 2. The maximum absolute atomic E-state index is 12.2. The Morgan fingerprint density at radius 2 is 2.00 bits per heavy atom. The van der Waals surface area contributed by atoms with Crippen LogP contribution in [0, 0.1) is 11.8 Å². The van der Waals surface area contributed by atoms with Gasteiger partial charge in [-0.15, -0.1) is 0 Å². The molecule has 18 heavy (non-hydrogen) atoms. The SMILES string of the molecule is CC1CC2CCC(C1)N2C(=O)OCC1CCOC1. The number of nitrogens with zero attached hydrogens (tertiary/aromatic N) is 1. The lowest BCUT2D eigenvalue weighted by Crippen LogP contribution is -2.46. The summed E-state index contributed by atoms with van der Waals surface area (Å²) in [6.45, 7) is 4.39. The minimum Gasteiger partial charge on any atom is -0.449 e. The van der Waals surface area contributed by atoms with Gasteiger partial charge in [0.25, 0.3) is 0 Å². The fourth-order valence-corrected chi connectivity index (χ4v) is 3.73. The van der Waals surface area contributed by atoms with Crippen LogP contribution in [0.25, 0.3) is 0 Å². The third-order valence-corrected chi connectivity index (χ3v) is 4.65. The summed E-state index contributed by atoms with van der Waals surface area (Å²) in [5.41, 5.74) is 0. The van der Waals surface area contributed by atoms with Crippen molar-refractivity contribution < 1.29 is 14.3 Å². The highest BCUT2D eigenvalue weighted by Gasteiger charge is 2.42. The molecule has 1 amide bonds. The molecule has 0 radical (unpaired) electrons. The van der Waals surface area contributed by atoms with Crippen molar-refractivity contribution in [2.45, 2.75) is 51.1 Å². The smallest absolute Gasteiger partial charge is 0.410 e. The van der Waals surface area contributed by atoms with Crippen LogP contribution in [-0.2, 0) is 9.47 Å². The van der Waals surface area contributed by atoms with Gasteiger partial charge in [0.15, 0.2) is 0 Å². The zero-order chi connectivity index (χ0) is 12.5. The molecule has 0 aromatic heterocycles. The largest absolute Gasteiger partial charge is 0.449 e. The Labute approximate surface area is 109 Å². The molecule has 3 atom stereocenters. The van der Waals surface area contributed by atoms with Gasteiger partial charge in [-0.25, -0.2) is 4.79 Å². The van der Waals surface area contributed by atoms with E-state index < -0.39 is 0 Å². The van der Waals surface area contributed by atoms with Gasteiger partial charge in [-0.05, 0) is 38.0 Å². The molecule has 2 bridgehead atoms. The van der Waals surface area contributed by atoms with E-state index in [2.05, 4.69) is 6.92 Å². The molecule has 3 aliphatic rings. The highest BCUT2D eigenvalue weighted by atomic mass is 16.6. The zero-order valence-corrected chi connectivity index (χ0v) is 11.1. The summed E-state index contributed by atoms with van der Waals surface area (Å²) in [5, 5.41) is 0. The fraction of sp³-hybridized carbons (Fsp3) is 0.929. The number of amides is 1. The molecule has 0 aromatic rings. The molecular formula is C14H23NO3. The number of hydrogen-bond donors (Lipinski definition) is 0. The van der Waals surface area contributed by atoms with E-state index in [1.807, 2.05) is 4.90 Å². The minimum absolute atomic E-state index is 0.0821. The van der Waals surface area contributed by atoms with Crippen molar-refractivity contribution in [3.63, 3.8) is 0 Å². The first kappa shape index (κ1) is 12.3. The van der Waals surface area contributed by atoms with Gasteiger partial charge >= 0.3 is 6.09 Å². The van der Waals surface area contributed by atoms with Crippen LogP contribution >= 0.6 is 0 Å². The van der Waals surface area contributed by atoms with E-state index in [9.17, 15) is 4.79 Å². The number of fused-ring (bicyclic) bond motifs is 2. The maximum atomic E-state index is 12.2. The van der Waals surface area contributed by atoms with Crippen molar-refractivity contribution in [3.8, 4) is 0 Å². The number of ether oxygens (including phenoxy) is 2. The van der Waals surface area contributed by atoms with Crippen molar-refractivity contribution in [2.75, 3.05) is 19.8 Å². The van der Waals surface area contributed by atoms with Gasteiger partial charge in [0.2, 0.25) is 0 Å². The predicted octanol–water partition coefficient (Wildman–Crippen LogP) is 2.42. The van der Waals surface area contributed by atoms with Crippen molar-refractivity contribution in [3.05, 3.63) is 0 Å². The molecule has 3 aliphatic heterocycles. The van der Waals surface area contributed by atoms with E-state index in [1.165, 1.54) is 0 Å². The summed E-state index contributed by atoms with van der Waals surface area (Å²) in [5.74, 6) is 1.17. The molecule has 3 heterocycles. The molecule has 102 valence electrons. The number of piperidine rings is 1. The Balaban J connectivity index is 1.53. The predicted molar refractivity (Wildman–Crippen MR) is 67.3 cm³/mol. The first-order chi connectivity index (χ1) is 8.74. The van der Waals surface area contributed by atoms with Crippen molar-refractivity contribution >= 4 is 6.09 Å². The van der Waals surface area contributed by atoms with Gasteiger partial charge in [-0.1, -0.05) is 6.92 Å². The lowest BCUT2D eigenvalue weighted by atomic mass is 9.93. The maximum Gasteiger partial charge on any atom is 0.410 e. The molecule has 4 heteroatoms. The molecule has 3 fully saturated rings. The molecule has 0 aliphatic carbocycles. The van der Waals surface area contributed by atoms with E-state index in [1.54, 1.807) is 0 Å². The molecule has 0 saturated carbocycles.